The number of carboxylic acids is 1. The van der Waals surface area contributed by atoms with E-state index >= 15 is 0 Å². The predicted molar refractivity (Wildman–Crippen MR) is 100 cm³/mol. The number of nitrogens with two attached hydrogens (primary N) is 1. The van der Waals surface area contributed by atoms with Gasteiger partial charge in [0, 0.05) is 31.8 Å². The highest BCUT2D eigenvalue weighted by Crippen LogP contribution is 2.32. The number of hydrogen-bond donors (Lipinski definition) is 2. The lowest BCUT2D eigenvalue weighted by Crippen LogP contribution is -2.45. The summed E-state index contributed by atoms with van der Waals surface area (Å²) >= 11 is 0. The second-order valence-electron chi connectivity index (χ2n) is 6.84. The van der Waals surface area contributed by atoms with Crippen LogP contribution in [0, 0.1) is 0 Å². The molecule has 1 amide bonds. The van der Waals surface area contributed by atoms with Crippen LogP contribution in [0.3, 0.4) is 0 Å². The third kappa shape index (κ3) is 6.81. The minimum Gasteiger partial charge on any atom is -0.481 e. The van der Waals surface area contributed by atoms with Gasteiger partial charge >= 0.3 is 23.9 Å². The van der Waals surface area contributed by atoms with Gasteiger partial charge in [-0.25, -0.2) is 0 Å². The lowest BCUT2D eigenvalue weighted by Gasteiger charge is -2.30. The van der Waals surface area contributed by atoms with E-state index < -0.39 is 60.7 Å². The molecule has 2 rings (SSSR count). The maximum Gasteiger partial charge on any atom is 0.306 e. The fourth-order valence-corrected chi connectivity index (χ4v) is 3.09. The van der Waals surface area contributed by atoms with Crippen LogP contribution in [0.5, 0.6) is 0 Å². The highest BCUT2D eigenvalue weighted by molar-refractivity contribution is 5.92. The zero-order valence-electron chi connectivity index (χ0n) is 17.0. The molecule has 3 N–H and O–H groups in total. The molecular weight excluding hydrogens is 416 g/mol. The van der Waals surface area contributed by atoms with Gasteiger partial charge in [-0.3, -0.25) is 24.0 Å². The van der Waals surface area contributed by atoms with E-state index in [1.54, 1.807) is 12.3 Å². The third-order valence-electron chi connectivity index (χ3n) is 4.37. The summed E-state index contributed by atoms with van der Waals surface area (Å²) in [5.74, 6) is -3.94. The van der Waals surface area contributed by atoms with Crippen molar-refractivity contribution >= 4 is 29.8 Å². The number of aliphatic carboxylic acids is 1. The Labute approximate surface area is 177 Å². The smallest absolute Gasteiger partial charge is 0.306 e. The Bertz CT molecular complexity index is 806. The number of allylic oxidation sites excluding steroid dienone is 1. The van der Waals surface area contributed by atoms with Crippen molar-refractivity contribution in [2.24, 2.45) is 5.73 Å². The van der Waals surface area contributed by atoms with Gasteiger partial charge in [0.15, 0.2) is 18.4 Å². The standard InChI is InChI=1S/C19H24N2O10/c1-10(22)29-16-13(9-28-15(26)6-5-14(24)25)31-19(17(16)30-11(2)23)21-7-3-4-12(8-21)18(20)27/h3,7-8,13,16-17,19H,4-6,9H2,1-2H3,(H2,20,27)(H,24,25)/t13-,16-,17-,19-/m1/s1. The molecule has 31 heavy (non-hydrogen) atoms. The first-order chi connectivity index (χ1) is 14.6. The summed E-state index contributed by atoms with van der Waals surface area (Å²) in [6, 6.07) is 0. The van der Waals surface area contributed by atoms with E-state index in [1.807, 2.05) is 0 Å². The molecule has 0 aromatic rings. The predicted octanol–water partition coefficient (Wildman–Crippen LogP) is -0.429. The fourth-order valence-electron chi connectivity index (χ4n) is 3.09. The summed E-state index contributed by atoms with van der Waals surface area (Å²) in [4.78, 5) is 58.6. The van der Waals surface area contributed by atoms with Crippen molar-refractivity contribution in [3.05, 3.63) is 24.0 Å². The Morgan fingerprint density at radius 3 is 2.35 bits per heavy atom. The van der Waals surface area contributed by atoms with Gasteiger partial charge in [0.1, 0.15) is 12.7 Å². The van der Waals surface area contributed by atoms with Crippen LogP contribution in [0.25, 0.3) is 0 Å². The first-order valence-electron chi connectivity index (χ1n) is 9.40. The van der Waals surface area contributed by atoms with Crippen LogP contribution in [-0.4, -0.2) is 70.9 Å². The molecular formula is C19H24N2O10. The van der Waals surface area contributed by atoms with Gasteiger partial charge in [-0.15, -0.1) is 0 Å². The van der Waals surface area contributed by atoms with Crippen molar-refractivity contribution in [1.82, 2.24) is 4.90 Å². The minimum atomic E-state index is -1.16. The average molecular weight is 440 g/mol. The van der Waals surface area contributed by atoms with Crippen molar-refractivity contribution in [2.45, 2.75) is 57.6 Å². The van der Waals surface area contributed by atoms with Crippen LogP contribution in [0.4, 0.5) is 0 Å². The van der Waals surface area contributed by atoms with Crippen molar-refractivity contribution in [3.8, 4) is 0 Å². The van der Waals surface area contributed by atoms with E-state index in [-0.39, 0.29) is 18.6 Å². The summed E-state index contributed by atoms with van der Waals surface area (Å²) in [6.07, 6.45) is -0.0728. The molecule has 0 bridgehead atoms. The monoisotopic (exact) mass is 440 g/mol. The normalized spacial score (nSPS) is 24.8. The number of amides is 1. The lowest BCUT2D eigenvalue weighted by molar-refractivity contribution is -0.166. The van der Waals surface area contributed by atoms with Crippen molar-refractivity contribution in [1.29, 1.82) is 0 Å². The number of esters is 3. The van der Waals surface area contributed by atoms with Crippen molar-refractivity contribution in [2.75, 3.05) is 6.61 Å². The maximum atomic E-state index is 11.8. The summed E-state index contributed by atoms with van der Waals surface area (Å²) in [5, 5.41) is 8.65. The van der Waals surface area contributed by atoms with Gasteiger partial charge in [-0.2, -0.15) is 0 Å². The largest absolute Gasteiger partial charge is 0.481 e. The van der Waals surface area contributed by atoms with Crippen LogP contribution < -0.4 is 5.73 Å². The molecule has 4 atom stereocenters. The number of hydrogen-bond acceptors (Lipinski definition) is 10. The SMILES string of the molecule is CC(=O)O[C@@H]1[C@H](OC(C)=O)[C@@H](COC(=O)CCC(=O)O)O[C@H]1N1C=CCC(C(N)=O)=C1. The molecule has 0 unspecified atom stereocenters. The van der Waals surface area contributed by atoms with E-state index in [9.17, 15) is 24.0 Å². The average Bonchev–Trinajstić information content (AvgIpc) is 3.01. The first-order valence-corrected chi connectivity index (χ1v) is 9.40. The van der Waals surface area contributed by atoms with Crippen molar-refractivity contribution in [3.63, 3.8) is 0 Å². The molecule has 12 heteroatoms. The Balaban J connectivity index is 2.23. The lowest BCUT2D eigenvalue weighted by atomic mass is 10.1. The number of ether oxygens (including phenoxy) is 4. The number of primary amides is 1. The van der Waals surface area contributed by atoms with Crippen LogP contribution in [0.2, 0.25) is 0 Å². The molecule has 1 fully saturated rings. The topological polar surface area (TPSA) is 172 Å². The quantitative estimate of drug-likeness (QED) is 0.352. The molecule has 12 nitrogen and oxygen atoms in total. The van der Waals surface area contributed by atoms with E-state index in [4.69, 9.17) is 29.8 Å². The van der Waals surface area contributed by atoms with Crippen LogP contribution >= 0.6 is 0 Å². The Kier molecular flexibility index (Phi) is 8.14. The Morgan fingerprint density at radius 1 is 1.13 bits per heavy atom. The fraction of sp³-hybridized carbons (Fsp3) is 0.526. The second-order valence-corrected chi connectivity index (χ2v) is 6.84. The third-order valence-corrected chi connectivity index (χ3v) is 4.37. The number of carboxylic acid groups (broad SMARTS) is 1. The number of rotatable bonds is 9. The highest BCUT2D eigenvalue weighted by Gasteiger charge is 2.51. The molecule has 0 aromatic carbocycles. The van der Waals surface area contributed by atoms with E-state index in [0.717, 1.165) is 13.8 Å². The molecule has 2 aliphatic heterocycles. The van der Waals surface area contributed by atoms with Gasteiger partial charge < -0.3 is 34.7 Å². The van der Waals surface area contributed by atoms with Gasteiger partial charge in [0.05, 0.1) is 12.8 Å². The molecule has 2 aliphatic rings. The maximum absolute atomic E-state index is 11.8. The number of carbonyl (C=O) groups is 5. The molecule has 170 valence electrons. The van der Waals surface area contributed by atoms with Crippen LogP contribution in [-0.2, 0) is 42.9 Å². The molecule has 1 saturated heterocycles. The molecule has 2 heterocycles. The van der Waals surface area contributed by atoms with Crippen LogP contribution in [0.15, 0.2) is 24.0 Å². The van der Waals surface area contributed by atoms with E-state index in [2.05, 4.69) is 0 Å². The zero-order chi connectivity index (χ0) is 23.1. The molecule has 0 saturated carbocycles. The van der Waals surface area contributed by atoms with Crippen molar-refractivity contribution < 1.29 is 48.0 Å². The zero-order valence-corrected chi connectivity index (χ0v) is 17.0. The second kappa shape index (κ2) is 10.6. The molecule has 0 aromatic heterocycles. The van der Waals surface area contributed by atoms with E-state index in [1.165, 1.54) is 11.1 Å². The van der Waals surface area contributed by atoms with Gasteiger partial charge in [0.25, 0.3) is 0 Å². The Morgan fingerprint density at radius 2 is 1.77 bits per heavy atom. The molecule has 0 aliphatic carbocycles. The summed E-state index contributed by atoms with van der Waals surface area (Å²) < 4.78 is 21.5. The molecule has 0 spiro atoms. The van der Waals surface area contributed by atoms with Crippen LogP contribution in [0.1, 0.15) is 33.1 Å². The van der Waals surface area contributed by atoms with E-state index in [0.29, 0.717) is 6.42 Å². The van der Waals surface area contributed by atoms with Gasteiger partial charge in [-0.05, 0) is 6.42 Å². The number of nitrogens with zero attached hydrogens (tertiary/aromatic N) is 1. The summed E-state index contributed by atoms with van der Waals surface area (Å²) in [7, 11) is 0. The highest BCUT2D eigenvalue weighted by atomic mass is 16.7. The number of carbonyl (C=O) groups excluding carboxylic acids is 4. The first kappa shape index (κ1) is 23.9. The van der Waals surface area contributed by atoms with Gasteiger partial charge in [-0.1, -0.05) is 6.08 Å². The Hall–Kier alpha value is -3.41. The summed E-state index contributed by atoms with van der Waals surface area (Å²) in [6.45, 7) is 1.94. The van der Waals surface area contributed by atoms with Gasteiger partial charge in [0.2, 0.25) is 5.91 Å². The molecule has 0 radical (unpaired) electrons. The summed E-state index contributed by atoms with van der Waals surface area (Å²) in [5.41, 5.74) is 5.61. The minimum absolute atomic E-state index is 0.278.